The molecule has 0 aromatic heterocycles. The summed E-state index contributed by atoms with van der Waals surface area (Å²) in [6.45, 7) is 0.646. The Morgan fingerprint density at radius 3 is 2.44 bits per heavy atom. The van der Waals surface area contributed by atoms with Gasteiger partial charge in [-0.05, 0) is 5.56 Å². The Morgan fingerprint density at radius 2 is 2.00 bits per heavy atom. The molecule has 9 heavy (non-hydrogen) atoms. The third-order valence-corrected chi connectivity index (χ3v) is 1.48. The molecular weight excluding hydrogens is 109 g/mol. The highest BCUT2D eigenvalue weighted by Crippen LogP contribution is 1.90. The second-order valence-corrected chi connectivity index (χ2v) is 2.13. The molecule has 0 saturated carbocycles. The van der Waals surface area contributed by atoms with E-state index in [1.165, 1.54) is 11.0 Å². The minimum Gasteiger partial charge on any atom is -0.327 e. The zero-order valence-electron chi connectivity index (χ0n) is 5.59. The van der Waals surface area contributed by atoms with Gasteiger partial charge in [-0.25, -0.2) is 0 Å². The topological polar surface area (TPSA) is 26.0 Å². The molecule has 0 heterocycles. The normalized spacial score (nSPS) is 9.44. The smallest absolute Gasteiger partial charge is 0.139 e. The third-order valence-electron chi connectivity index (χ3n) is 1.48. The summed E-state index contributed by atoms with van der Waals surface area (Å²) in [4.78, 5) is 0. The summed E-state index contributed by atoms with van der Waals surface area (Å²) in [5.74, 6) is 0. The van der Waals surface area contributed by atoms with Crippen molar-refractivity contribution in [2.24, 2.45) is 5.73 Å². The molecule has 1 nitrogen and oxygen atoms in total. The number of nitrogens with two attached hydrogens (primary N) is 1. The van der Waals surface area contributed by atoms with Crippen LogP contribution in [-0.2, 0) is 6.54 Å². The first-order chi connectivity index (χ1) is 4.34. The highest BCUT2D eigenvalue weighted by atomic mass is 14.5. The Hall–Kier alpha value is -0.755. The summed E-state index contributed by atoms with van der Waals surface area (Å²) >= 11 is 0. The maximum Gasteiger partial charge on any atom is 0.139 e. The van der Waals surface area contributed by atoms with Crippen molar-refractivity contribution in [3.8, 4) is 0 Å². The number of hydrogen-bond acceptors (Lipinski definition) is 1. The Labute approximate surface area is 56.3 Å². The van der Waals surface area contributed by atoms with E-state index in [-0.39, 0.29) is 0 Å². The van der Waals surface area contributed by atoms with Crippen molar-refractivity contribution in [1.29, 1.82) is 0 Å². The van der Waals surface area contributed by atoms with Crippen LogP contribution in [0.2, 0.25) is 0 Å². The predicted octanol–water partition coefficient (Wildman–Crippen LogP) is -0.596. The van der Waals surface area contributed by atoms with Gasteiger partial charge in [0.15, 0.2) is 0 Å². The van der Waals surface area contributed by atoms with Crippen molar-refractivity contribution in [3.63, 3.8) is 0 Å². The Morgan fingerprint density at radius 1 is 1.33 bits per heavy atom. The average molecular weight is 119 g/mol. The van der Waals surface area contributed by atoms with Gasteiger partial charge in [0, 0.05) is 6.54 Å². The predicted molar refractivity (Wildman–Crippen MR) is 42.5 cm³/mol. The van der Waals surface area contributed by atoms with Gasteiger partial charge >= 0.3 is 0 Å². The number of benzene rings is 1. The van der Waals surface area contributed by atoms with Crippen molar-refractivity contribution in [1.82, 2.24) is 0 Å². The Balaban J connectivity index is 3.01. The van der Waals surface area contributed by atoms with Crippen LogP contribution in [0.1, 0.15) is 5.56 Å². The van der Waals surface area contributed by atoms with Crippen LogP contribution in [0.4, 0.5) is 0 Å². The maximum absolute atomic E-state index is 5.45. The van der Waals surface area contributed by atoms with Crippen molar-refractivity contribution in [2.45, 2.75) is 6.54 Å². The van der Waals surface area contributed by atoms with Crippen LogP contribution in [0.15, 0.2) is 24.3 Å². The van der Waals surface area contributed by atoms with E-state index in [0.717, 1.165) is 0 Å². The number of hydrogen-bond donors (Lipinski definition) is 1. The van der Waals surface area contributed by atoms with Crippen molar-refractivity contribution in [2.75, 3.05) is 0 Å². The lowest BCUT2D eigenvalue weighted by Gasteiger charge is -1.98. The molecule has 0 saturated heterocycles. The van der Waals surface area contributed by atoms with Crippen LogP contribution in [0, 0.1) is 0 Å². The molecule has 0 unspecified atom stereocenters. The third kappa shape index (κ3) is 1.33. The SMILES string of the molecule is Bc1ccccc1CN. The minimum atomic E-state index is 0.646. The Kier molecular flexibility index (Phi) is 1.90. The first-order valence-electron chi connectivity index (χ1n) is 3.09. The lowest BCUT2D eigenvalue weighted by atomic mass is 9.91. The van der Waals surface area contributed by atoms with Crippen LogP contribution in [0.25, 0.3) is 0 Å². The zero-order valence-corrected chi connectivity index (χ0v) is 5.59. The van der Waals surface area contributed by atoms with Gasteiger partial charge in [0.2, 0.25) is 0 Å². The maximum atomic E-state index is 5.45. The van der Waals surface area contributed by atoms with Gasteiger partial charge in [-0.15, -0.1) is 0 Å². The van der Waals surface area contributed by atoms with E-state index in [2.05, 4.69) is 20.0 Å². The fourth-order valence-electron chi connectivity index (χ4n) is 0.839. The van der Waals surface area contributed by atoms with Gasteiger partial charge in [-0.3, -0.25) is 0 Å². The van der Waals surface area contributed by atoms with E-state index in [4.69, 9.17) is 5.73 Å². The number of rotatable bonds is 1. The minimum absolute atomic E-state index is 0.646. The van der Waals surface area contributed by atoms with Gasteiger partial charge in [0.1, 0.15) is 7.85 Å². The van der Waals surface area contributed by atoms with Crippen molar-refractivity contribution < 1.29 is 0 Å². The van der Waals surface area contributed by atoms with Gasteiger partial charge in [0.25, 0.3) is 0 Å². The van der Waals surface area contributed by atoms with E-state index in [9.17, 15) is 0 Å². The van der Waals surface area contributed by atoms with E-state index in [1.807, 2.05) is 12.1 Å². The first-order valence-corrected chi connectivity index (χ1v) is 3.09. The molecule has 0 amide bonds. The molecule has 0 atom stereocenters. The molecule has 46 valence electrons. The molecule has 0 aliphatic rings. The molecule has 0 aliphatic carbocycles. The van der Waals surface area contributed by atoms with E-state index in [1.54, 1.807) is 0 Å². The van der Waals surface area contributed by atoms with Crippen LogP contribution < -0.4 is 11.2 Å². The second-order valence-electron chi connectivity index (χ2n) is 2.13. The summed E-state index contributed by atoms with van der Waals surface area (Å²) in [7, 11) is 2.07. The molecule has 0 bridgehead atoms. The standard InChI is InChI=1S/C7H10BN/c8-7-4-2-1-3-6(7)5-9/h1-4H,5,8-9H2. The summed E-state index contributed by atoms with van der Waals surface area (Å²) < 4.78 is 0. The highest BCUT2D eigenvalue weighted by Gasteiger charge is 1.89. The van der Waals surface area contributed by atoms with Crippen LogP contribution in [0.5, 0.6) is 0 Å². The fourth-order valence-corrected chi connectivity index (χ4v) is 0.839. The lowest BCUT2D eigenvalue weighted by Crippen LogP contribution is -2.12. The largest absolute Gasteiger partial charge is 0.327 e. The van der Waals surface area contributed by atoms with Gasteiger partial charge in [-0.2, -0.15) is 0 Å². The molecule has 0 radical (unpaired) electrons. The summed E-state index contributed by atoms with van der Waals surface area (Å²) in [5, 5.41) is 0. The summed E-state index contributed by atoms with van der Waals surface area (Å²) in [5.41, 5.74) is 7.96. The van der Waals surface area contributed by atoms with Gasteiger partial charge < -0.3 is 5.73 Å². The summed E-state index contributed by atoms with van der Waals surface area (Å²) in [6.07, 6.45) is 0. The van der Waals surface area contributed by atoms with Crippen molar-refractivity contribution >= 4 is 13.3 Å². The highest BCUT2D eigenvalue weighted by molar-refractivity contribution is 6.33. The molecule has 0 aliphatic heterocycles. The molecule has 1 aromatic rings. The molecule has 1 aromatic carbocycles. The average Bonchev–Trinajstić information content (AvgIpc) is 1.89. The van der Waals surface area contributed by atoms with Crippen LogP contribution >= 0.6 is 0 Å². The second kappa shape index (κ2) is 2.69. The van der Waals surface area contributed by atoms with Crippen molar-refractivity contribution in [3.05, 3.63) is 29.8 Å². The molecule has 0 spiro atoms. The first kappa shape index (κ1) is 6.37. The molecule has 2 heteroatoms. The van der Waals surface area contributed by atoms with Gasteiger partial charge in [0.05, 0.1) is 0 Å². The molecule has 2 N–H and O–H groups in total. The molecular formula is C7H10BN. The Bertz CT molecular complexity index is 198. The van der Waals surface area contributed by atoms with Crippen LogP contribution in [-0.4, -0.2) is 7.85 Å². The van der Waals surface area contributed by atoms with Crippen LogP contribution in [0.3, 0.4) is 0 Å². The lowest BCUT2D eigenvalue weighted by molar-refractivity contribution is 1.08. The summed E-state index contributed by atoms with van der Waals surface area (Å²) in [6, 6.07) is 8.15. The van der Waals surface area contributed by atoms with E-state index in [0.29, 0.717) is 6.54 Å². The molecule has 1 rings (SSSR count). The van der Waals surface area contributed by atoms with E-state index >= 15 is 0 Å². The monoisotopic (exact) mass is 119 g/mol. The molecule has 0 fully saturated rings. The zero-order chi connectivity index (χ0) is 6.69. The van der Waals surface area contributed by atoms with Gasteiger partial charge in [-0.1, -0.05) is 29.7 Å². The fraction of sp³-hybridized carbons (Fsp3) is 0.143. The van der Waals surface area contributed by atoms with E-state index < -0.39 is 0 Å². The quantitative estimate of drug-likeness (QED) is 0.491.